The van der Waals surface area contributed by atoms with E-state index >= 15 is 0 Å². The molecular formula is C18H21NO2. The number of hydrogen-bond donors (Lipinski definition) is 1. The Balaban J connectivity index is 2.35. The van der Waals surface area contributed by atoms with Crippen molar-refractivity contribution in [2.45, 2.75) is 33.1 Å². The number of para-hydroxylation sites is 1. The van der Waals surface area contributed by atoms with Crippen molar-refractivity contribution in [1.82, 2.24) is 0 Å². The molecule has 0 saturated carbocycles. The summed E-state index contributed by atoms with van der Waals surface area (Å²) in [5.74, 6) is 1.81. The Labute approximate surface area is 125 Å². The zero-order chi connectivity index (χ0) is 15.4. The Morgan fingerprint density at radius 3 is 2.62 bits per heavy atom. The first kappa shape index (κ1) is 15.1. The number of benzene rings is 2. The molecule has 3 nitrogen and oxygen atoms in total. The lowest BCUT2D eigenvalue weighted by molar-refractivity contribution is 0.101. The first-order valence-corrected chi connectivity index (χ1v) is 7.20. The summed E-state index contributed by atoms with van der Waals surface area (Å²) in [7, 11) is 0. The lowest BCUT2D eigenvalue weighted by Gasteiger charge is -2.16. The molecule has 2 rings (SSSR count). The molecule has 21 heavy (non-hydrogen) atoms. The van der Waals surface area contributed by atoms with Gasteiger partial charge in [0.2, 0.25) is 0 Å². The summed E-state index contributed by atoms with van der Waals surface area (Å²) >= 11 is 0. The van der Waals surface area contributed by atoms with Crippen LogP contribution < -0.4 is 10.5 Å². The van der Waals surface area contributed by atoms with E-state index in [0.29, 0.717) is 22.9 Å². The molecule has 1 unspecified atom stereocenters. The largest absolute Gasteiger partial charge is 0.457 e. The van der Waals surface area contributed by atoms with Crippen LogP contribution >= 0.6 is 0 Å². The molecule has 0 aromatic heterocycles. The number of nitrogen functional groups attached to an aromatic ring is 1. The fraction of sp³-hybridized carbons (Fsp3) is 0.278. The van der Waals surface area contributed by atoms with E-state index < -0.39 is 0 Å². The Morgan fingerprint density at radius 2 is 1.95 bits per heavy atom. The van der Waals surface area contributed by atoms with Crippen molar-refractivity contribution in [3.05, 3.63) is 53.6 Å². The fourth-order valence-electron chi connectivity index (χ4n) is 2.23. The molecule has 0 aliphatic rings. The maximum Gasteiger partial charge on any atom is 0.162 e. The second-order valence-corrected chi connectivity index (χ2v) is 5.25. The van der Waals surface area contributed by atoms with Crippen molar-refractivity contribution >= 4 is 11.5 Å². The predicted octanol–water partition coefficient (Wildman–Crippen LogP) is 4.78. The second-order valence-electron chi connectivity index (χ2n) is 5.25. The van der Waals surface area contributed by atoms with E-state index in [9.17, 15) is 4.79 Å². The van der Waals surface area contributed by atoms with Gasteiger partial charge in [-0.2, -0.15) is 0 Å². The molecule has 0 aliphatic carbocycles. The molecule has 0 heterocycles. The summed E-state index contributed by atoms with van der Waals surface area (Å²) in [5, 5.41) is 0. The van der Waals surface area contributed by atoms with Crippen LogP contribution in [0.25, 0.3) is 0 Å². The highest BCUT2D eigenvalue weighted by Crippen LogP contribution is 2.33. The number of ketones is 1. The zero-order valence-corrected chi connectivity index (χ0v) is 12.7. The van der Waals surface area contributed by atoms with Crippen LogP contribution in [0.2, 0.25) is 0 Å². The van der Waals surface area contributed by atoms with Crippen LogP contribution in [0.1, 0.15) is 49.0 Å². The molecule has 1 atom stereocenters. The zero-order valence-electron chi connectivity index (χ0n) is 12.7. The number of hydrogen-bond acceptors (Lipinski definition) is 3. The Hall–Kier alpha value is -2.29. The highest BCUT2D eigenvalue weighted by Gasteiger charge is 2.12. The standard InChI is InChI=1S/C18H21NO2/c1-4-12(2)15-7-5-6-8-18(15)21-14-9-10-17(19)16(11-14)13(3)20/h5-12H,4,19H2,1-3H3. The van der Waals surface area contributed by atoms with Gasteiger partial charge in [-0.15, -0.1) is 0 Å². The summed E-state index contributed by atoms with van der Waals surface area (Å²) in [4.78, 5) is 11.6. The molecule has 2 aromatic rings. The fourth-order valence-corrected chi connectivity index (χ4v) is 2.23. The van der Waals surface area contributed by atoms with Crippen molar-refractivity contribution in [1.29, 1.82) is 0 Å². The number of anilines is 1. The SMILES string of the molecule is CCC(C)c1ccccc1Oc1ccc(N)c(C(C)=O)c1. The van der Waals surface area contributed by atoms with Gasteiger partial charge in [-0.3, -0.25) is 4.79 Å². The minimum atomic E-state index is -0.0619. The van der Waals surface area contributed by atoms with Crippen LogP contribution in [0.15, 0.2) is 42.5 Å². The van der Waals surface area contributed by atoms with Crippen molar-refractivity contribution in [3.8, 4) is 11.5 Å². The molecule has 0 saturated heterocycles. The van der Waals surface area contributed by atoms with Gasteiger partial charge in [-0.25, -0.2) is 0 Å². The van der Waals surface area contributed by atoms with E-state index in [0.717, 1.165) is 12.2 Å². The molecule has 0 bridgehead atoms. The Kier molecular flexibility index (Phi) is 4.63. The second kappa shape index (κ2) is 6.44. The predicted molar refractivity (Wildman–Crippen MR) is 86.1 cm³/mol. The maximum absolute atomic E-state index is 11.6. The average molecular weight is 283 g/mol. The van der Waals surface area contributed by atoms with Crippen molar-refractivity contribution in [2.75, 3.05) is 5.73 Å². The number of nitrogens with two attached hydrogens (primary N) is 1. The number of Topliss-reactive ketones (excluding diaryl/α,β-unsaturated/α-hetero) is 1. The maximum atomic E-state index is 11.6. The highest BCUT2D eigenvalue weighted by atomic mass is 16.5. The molecule has 0 spiro atoms. The molecular weight excluding hydrogens is 262 g/mol. The summed E-state index contributed by atoms with van der Waals surface area (Å²) in [6, 6.07) is 13.2. The van der Waals surface area contributed by atoms with Gasteiger partial charge in [0, 0.05) is 11.3 Å². The third kappa shape index (κ3) is 3.43. The number of ether oxygens (including phenoxy) is 1. The molecule has 3 heteroatoms. The first-order valence-electron chi connectivity index (χ1n) is 7.20. The minimum Gasteiger partial charge on any atom is -0.457 e. The van der Waals surface area contributed by atoms with E-state index in [2.05, 4.69) is 19.9 Å². The number of carbonyl (C=O) groups excluding carboxylic acids is 1. The normalized spacial score (nSPS) is 12.0. The van der Waals surface area contributed by atoms with Crippen LogP contribution in [0.4, 0.5) is 5.69 Å². The first-order chi connectivity index (χ1) is 10.0. The Bertz CT molecular complexity index is 649. The van der Waals surface area contributed by atoms with E-state index in [-0.39, 0.29) is 5.78 Å². The lowest BCUT2D eigenvalue weighted by atomic mass is 9.98. The average Bonchev–Trinajstić information content (AvgIpc) is 2.48. The van der Waals surface area contributed by atoms with E-state index in [4.69, 9.17) is 10.5 Å². The van der Waals surface area contributed by atoms with Crippen LogP contribution in [0.5, 0.6) is 11.5 Å². The highest BCUT2D eigenvalue weighted by molar-refractivity contribution is 5.99. The smallest absolute Gasteiger partial charge is 0.162 e. The van der Waals surface area contributed by atoms with Crippen LogP contribution in [0.3, 0.4) is 0 Å². The van der Waals surface area contributed by atoms with Crippen molar-refractivity contribution < 1.29 is 9.53 Å². The lowest BCUT2D eigenvalue weighted by Crippen LogP contribution is -2.01. The van der Waals surface area contributed by atoms with Crippen LogP contribution in [0, 0.1) is 0 Å². The topological polar surface area (TPSA) is 52.3 Å². The third-order valence-corrected chi connectivity index (χ3v) is 3.69. The molecule has 2 N–H and O–H groups in total. The van der Waals surface area contributed by atoms with Gasteiger partial charge in [0.15, 0.2) is 5.78 Å². The van der Waals surface area contributed by atoms with Gasteiger partial charge < -0.3 is 10.5 Å². The van der Waals surface area contributed by atoms with Gasteiger partial charge in [0.05, 0.1) is 0 Å². The summed E-state index contributed by atoms with van der Waals surface area (Å²) in [5.41, 5.74) is 7.95. The van der Waals surface area contributed by atoms with Crippen molar-refractivity contribution in [2.24, 2.45) is 0 Å². The van der Waals surface area contributed by atoms with E-state index in [1.165, 1.54) is 12.5 Å². The Morgan fingerprint density at radius 1 is 1.24 bits per heavy atom. The van der Waals surface area contributed by atoms with Crippen molar-refractivity contribution in [3.63, 3.8) is 0 Å². The van der Waals surface area contributed by atoms with Crippen LogP contribution in [-0.2, 0) is 0 Å². The molecule has 0 radical (unpaired) electrons. The number of rotatable bonds is 5. The quantitative estimate of drug-likeness (QED) is 0.634. The van der Waals surface area contributed by atoms with Gasteiger partial charge in [0.1, 0.15) is 11.5 Å². The molecule has 110 valence electrons. The summed E-state index contributed by atoms with van der Waals surface area (Å²) in [6.45, 7) is 5.83. The minimum absolute atomic E-state index is 0.0619. The van der Waals surface area contributed by atoms with E-state index in [1.54, 1.807) is 18.2 Å². The van der Waals surface area contributed by atoms with Gasteiger partial charge in [-0.1, -0.05) is 32.0 Å². The van der Waals surface area contributed by atoms with Gasteiger partial charge in [-0.05, 0) is 49.1 Å². The van der Waals surface area contributed by atoms with Gasteiger partial charge >= 0.3 is 0 Å². The molecule has 2 aromatic carbocycles. The van der Waals surface area contributed by atoms with Gasteiger partial charge in [0.25, 0.3) is 0 Å². The monoisotopic (exact) mass is 283 g/mol. The summed E-state index contributed by atoms with van der Waals surface area (Å²) < 4.78 is 5.97. The molecule has 0 aliphatic heterocycles. The van der Waals surface area contributed by atoms with E-state index in [1.807, 2.05) is 18.2 Å². The number of carbonyl (C=O) groups is 1. The van der Waals surface area contributed by atoms with Crippen LogP contribution in [-0.4, -0.2) is 5.78 Å². The summed E-state index contributed by atoms with van der Waals surface area (Å²) in [6.07, 6.45) is 1.04. The third-order valence-electron chi connectivity index (χ3n) is 3.69. The molecule has 0 amide bonds. The molecule has 0 fully saturated rings.